The lowest BCUT2D eigenvalue weighted by atomic mass is 10.2. The molecule has 0 aliphatic carbocycles. The quantitative estimate of drug-likeness (QED) is 0.783. The number of carbonyl (C=O) groups excluding carboxylic acids is 1. The molecule has 156 valence electrons. The fourth-order valence-corrected chi connectivity index (χ4v) is 5.49. The second-order valence-electron chi connectivity index (χ2n) is 7.55. The molecule has 2 aliphatic rings. The predicted molar refractivity (Wildman–Crippen MR) is 108 cm³/mol. The Morgan fingerprint density at radius 3 is 2.18 bits per heavy atom. The molecule has 0 radical (unpaired) electrons. The van der Waals surface area contributed by atoms with Gasteiger partial charge in [0.2, 0.25) is 5.91 Å². The summed E-state index contributed by atoms with van der Waals surface area (Å²) in [5.41, 5.74) is 0.760. The molecule has 2 heterocycles. The lowest BCUT2D eigenvalue weighted by Gasteiger charge is -2.41. The number of hydrogen-bond donors (Lipinski definition) is 1. The Morgan fingerprint density at radius 1 is 1.04 bits per heavy atom. The molecule has 0 unspecified atom stereocenters. The topological polar surface area (TPSA) is 82.2 Å². The molecule has 2 aliphatic heterocycles. The lowest BCUT2D eigenvalue weighted by molar-refractivity contribution is -0.121. The van der Waals surface area contributed by atoms with Gasteiger partial charge in [-0.25, -0.2) is 0 Å². The number of carbonyl (C=O) groups is 1. The Kier molecular flexibility index (Phi) is 6.72. The third-order valence-electron chi connectivity index (χ3n) is 5.28. The van der Waals surface area contributed by atoms with E-state index >= 15 is 0 Å². The fourth-order valence-electron chi connectivity index (χ4n) is 3.74. The van der Waals surface area contributed by atoms with Gasteiger partial charge in [-0.3, -0.25) is 9.69 Å². The van der Waals surface area contributed by atoms with Crippen molar-refractivity contribution in [1.29, 1.82) is 0 Å². The maximum absolute atomic E-state index is 13.0. The Bertz CT molecular complexity index is 755. The number of piperazine rings is 1. The van der Waals surface area contributed by atoms with Crippen LogP contribution in [0.15, 0.2) is 30.3 Å². The zero-order valence-corrected chi connectivity index (χ0v) is 17.6. The SMILES string of the molecule is C[C@@H]1CN(S(=O)(=O)N2CCN([C@H](C)C(=O)Nc3ccccc3)CC2)C[C@@H](C)O1. The Balaban J connectivity index is 1.55. The van der Waals surface area contributed by atoms with E-state index in [9.17, 15) is 13.2 Å². The van der Waals surface area contributed by atoms with Gasteiger partial charge in [-0.05, 0) is 32.9 Å². The van der Waals surface area contributed by atoms with Gasteiger partial charge in [-0.2, -0.15) is 17.0 Å². The molecule has 3 rings (SSSR count). The largest absolute Gasteiger partial charge is 0.373 e. The van der Waals surface area contributed by atoms with Gasteiger partial charge in [0.15, 0.2) is 0 Å². The molecule has 9 heteroatoms. The molecule has 3 atom stereocenters. The van der Waals surface area contributed by atoms with Gasteiger partial charge in [0.25, 0.3) is 10.2 Å². The van der Waals surface area contributed by atoms with Gasteiger partial charge in [0.1, 0.15) is 0 Å². The van der Waals surface area contributed by atoms with Crippen LogP contribution in [0.25, 0.3) is 0 Å². The van der Waals surface area contributed by atoms with Crippen LogP contribution in [0.3, 0.4) is 0 Å². The molecule has 2 fully saturated rings. The molecular weight excluding hydrogens is 380 g/mol. The number of ether oxygens (including phenoxy) is 1. The van der Waals surface area contributed by atoms with Crippen LogP contribution in [0, 0.1) is 0 Å². The number of morpholine rings is 1. The van der Waals surface area contributed by atoms with Crippen molar-refractivity contribution < 1.29 is 17.9 Å². The van der Waals surface area contributed by atoms with Crippen LogP contribution in [0.2, 0.25) is 0 Å². The summed E-state index contributed by atoms with van der Waals surface area (Å²) in [5, 5.41) is 2.91. The Morgan fingerprint density at radius 2 is 1.61 bits per heavy atom. The molecule has 1 N–H and O–H groups in total. The molecule has 0 aromatic heterocycles. The first-order valence-corrected chi connectivity index (χ1v) is 11.2. The minimum Gasteiger partial charge on any atom is -0.373 e. The minimum absolute atomic E-state index is 0.0849. The standard InChI is InChI=1S/C19H30N4O4S/c1-15-13-23(14-16(2)27-15)28(25,26)22-11-9-21(10-12-22)17(3)19(24)20-18-7-5-4-6-8-18/h4-8,15-17H,9-14H2,1-3H3,(H,20,24)/t15-,16-,17-/m1/s1. The summed E-state index contributed by atoms with van der Waals surface area (Å²) in [6, 6.07) is 9.01. The average Bonchev–Trinajstić information content (AvgIpc) is 2.67. The second kappa shape index (κ2) is 8.87. The highest BCUT2D eigenvalue weighted by Gasteiger charge is 2.37. The highest BCUT2D eigenvalue weighted by molar-refractivity contribution is 7.86. The van der Waals surface area contributed by atoms with Crippen molar-refractivity contribution in [3.05, 3.63) is 30.3 Å². The number of para-hydroxylation sites is 1. The van der Waals surface area contributed by atoms with Gasteiger partial charge in [-0.15, -0.1) is 0 Å². The minimum atomic E-state index is -3.51. The number of hydrogen-bond acceptors (Lipinski definition) is 5. The molecule has 2 saturated heterocycles. The monoisotopic (exact) mass is 410 g/mol. The van der Waals surface area contributed by atoms with E-state index in [0.717, 1.165) is 5.69 Å². The van der Waals surface area contributed by atoms with Crippen LogP contribution in [0.5, 0.6) is 0 Å². The normalized spacial score (nSPS) is 26.7. The van der Waals surface area contributed by atoms with Crippen molar-refractivity contribution in [1.82, 2.24) is 13.5 Å². The zero-order valence-electron chi connectivity index (χ0n) is 16.7. The number of amides is 1. The summed E-state index contributed by atoms with van der Waals surface area (Å²) in [5.74, 6) is -0.0849. The van der Waals surface area contributed by atoms with E-state index in [0.29, 0.717) is 39.3 Å². The second-order valence-corrected chi connectivity index (χ2v) is 9.48. The molecule has 0 bridgehead atoms. The van der Waals surface area contributed by atoms with Crippen LogP contribution in [-0.4, -0.2) is 85.4 Å². The van der Waals surface area contributed by atoms with E-state index in [2.05, 4.69) is 5.32 Å². The van der Waals surface area contributed by atoms with Crippen LogP contribution >= 0.6 is 0 Å². The number of benzene rings is 1. The summed E-state index contributed by atoms with van der Waals surface area (Å²) in [6.07, 6.45) is -0.219. The summed E-state index contributed by atoms with van der Waals surface area (Å²) >= 11 is 0. The van der Waals surface area contributed by atoms with E-state index in [-0.39, 0.29) is 24.2 Å². The van der Waals surface area contributed by atoms with Crippen molar-refractivity contribution in [2.45, 2.75) is 39.0 Å². The van der Waals surface area contributed by atoms with Crippen LogP contribution < -0.4 is 5.32 Å². The first-order valence-electron chi connectivity index (χ1n) is 9.78. The van der Waals surface area contributed by atoms with E-state index in [1.165, 1.54) is 8.61 Å². The van der Waals surface area contributed by atoms with E-state index in [4.69, 9.17) is 4.74 Å². The van der Waals surface area contributed by atoms with Gasteiger partial charge < -0.3 is 10.1 Å². The number of rotatable bonds is 5. The number of anilines is 1. The summed E-state index contributed by atoms with van der Waals surface area (Å²) in [4.78, 5) is 14.5. The number of nitrogens with zero attached hydrogens (tertiary/aromatic N) is 3. The highest BCUT2D eigenvalue weighted by atomic mass is 32.2. The third-order valence-corrected chi connectivity index (χ3v) is 7.25. The molecule has 8 nitrogen and oxygen atoms in total. The zero-order chi connectivity index (χ0) is 20.3. The molecule has 1 aromatic rings. The van der Waals surface area contributed by atoms with Crippen LogP contribution in [0.4, 0.5) is 5.69 Å². The summed E-state index contributed by atoms with van der Waals surface area (Å²) in [7, 11) is -3.51. The Labute approximate surface area is 167 Å². The first-order chi connectivity index (χ1) is 13.3. The van der Waals surface area contributed by atoms with Crippen molar-refractivity contribution in [3.8, 4) is 0 Å². The average molecular weight is 411 g/mol. The van der Waals surface area contributed by atoms with Crippen molar-refractivity contribution in [3.63, 3.8) is 0 Å². The lowest BCUT2D eigenvalue weighted by Crippen LogP contribution is -2.58. The molecule has 0 saturated carbocycles. The third kappa shape index (κ3) is 4.90. The van der Waals surface area contributed by atoms with Gasteiger partial charge in [0, 0.05) is 45.0 Å². The first kappa shape index (κ1) is 21.2. The van der Waals surface area contributed by atoms with E-state index in [1.807, 2.05) is 56.0 Å². The van der Waals surface area contributed by atoms with Gasteiger partial charge >= 0.3 is 0 Å². The van der Waals surface area contributed by atoms with Crippen LogP contribution in [0.1, 0.15) is 20.8 Å². The van der Waals surface area contributed by atoms with Crippen molar-refractivity contribution >= 4 is 21.8 Å². The number of nitrogens with one attached hydrogen (secondary N) is 1. The molecule has 0 spiro atoms. The molecule has 1 amide bonds. The highest BCUT2D eigenvalue weighted by Crippen LogP contribution is 2.19. The maximum Gasteiger partial charge on any atom is 0.282 e. The maximum atomic E-state index is 13.0. The summed E-state index contributed by atoms with van der Waals surface area (Å²) < 4.78 is 34.7. The molecule has 1 aromatic carbocycles. The van der Waals surface area contributed by atoms with Gasteiger partial charge in [0.05, 0.1) is 18.2 Å². The van der Waals surface area contributed by atoms with Gasteiger partial charge in [-0.1, -0.05) is 18.2 Å². The van der Waals surface area contributed by atoms with Crippen molar-refractivity contribution in [2.24, 2.45) is 0 Å². The fraction of sp³-hybridized carbons (Fsp3) is 0.632. The smallest absolute Gasteiger partial charge is 0.282 e. The Hall–Kier alpha value is -1.52. The van der Waals surface area contributed by atoms with E-state index < -0.39 is 10.2 Å². The molecule has 28 heavy (non-hydrogen) atoms. The molecular formula is C19H30N4O4S. The van der Waals surface area contributed by atoms with Crippen LogP contribution in [-0.2, 0) is 19.7 Å². The summed E-state index contributed by atoms with van der Waals surface area (Å²) in [6.45, 7) is 8.21. The predicted octanol–water partition coefficient (Wildman–Crippen LogP) is 0.985. The van der Waals surface area contributed by atoms with Crippen molar-refractivity contribution in [2.75, 3.05) is 44.6 Å². The van der Waals surface area contributed by atoms with E-state index in [1.54, 1.807) is 0 Å².